The molecule has 150 valence electrons. The maximum Gasteiger partial charge on any atom is 0.417 e. The first kappa shape index (κ1) is 19.5. The molecule has 30 heavy (non-hydrogen) atoms. The van der Waals surface area contributed by atoms with E-state index in [-0.39, 0.29) is 11.2 Å². The number of amides is 1. The van der Waals surface area contributed by atoms with Crippen molar-refractivity contribution in [2.75, 3.05) is 5.32 Å². The molecule has 0 bridgehead atoms. The summed E-state index contributed by atoms with van der Waals surface area (Å²) in [4.78, 5) is 12.3. The number of benzene rings is 4. The third-order valence-corrected chi connectivity index (χ3v) is 5.37. The SMILES string of the molecule is CC(C)(c1ccc(O)cc1)c1ccc(NC(=O)Oc2ccc3ccccc3c2)cc1. The summed E-state index contributed by atoms with van der Waals surface area (Å²) in [6, 6.07) is 28.4. The van der Waals surface area contributed by atoms with Gasteiger partial charge in [-0.05, 0) is 58.3 Å². The van der Waals surface area contributed by atoms with Crippen molar-refractivity contribution in [1.82, 2.24) is 0 Å². The number of carbonyl (C=O) groups is 1. The maximum atomic E-state index is 12.3. The van der Waals surface area contributed by atoms with Crippen LogP contribution in [0.15, 0.2) is 91.0 Å². The highest BCUT2D eigenvalue weighted by molar-refractivity contribution is 5.88. The summed E-state index contributed by atoms with van der Waals surface area (Å²) in [5.41, 5.74) is 2.61. The molecule has 0 unspecified atom stereocenters. The van der Waals surface area contributed by atoms with Crippen molar-refractivity contribution in [3.05, 3.63) is 102 Å². The lowest BCUT2D eigenvalue weighted by atomic mass is 9.78. The van der Waals surface area contributed by atoms with E-state index in [0.29, 0.717) is 11.4 Å². The lowest BCUT2D eigenvalue weighted by Crippen LogP contribution is -2.19. The minimum absolute atomic E-state index is 0.238. The highest BCUT2D eigenvalue weighted by atomic mass is 16.6. The summed E-state index contributed by atoms with van der Waals surface area (Å²) in [5.74, 6) is 0.746. The van der Waals surface area contributed by atoms with Crippen molar-refractivity contribution in [1.29, 1.82) is 0 Å². The van der Waals surface area contributed by atoms with Crippen LogP contribution in [0.5, 0.6) is 11.5 Å². The molecule has 0 spiro atoms. The van der Waals surface area contributed by atoms with Gasteiger partial charge in [-0.2, -0.15) is 0 Å². The second kappa shape index (κ2) is 7.91. The fraction of sp³-hybridized carbons (Fsp3) is 0.115. The summed E-state index contributed by atoms with van der Waals surface area (Å²) in [7, 11) is 0. The third-order valence-electron chi connectivity index (χ3n) is 5.37. The molecule has 4 aromatic rings. The van der Waals surface area contributed by atoms with Gasteiger partial charge < -0.3 is 9.84 Å². The Morgan fingerprint density at radius 3 is 2.07 bits per heavy atom. The third kappa shape index (κ3) is 4.13. The van der Waals surface area contributed by atoms with Crippen LogP contribution in [-0.4, -0.2) is 11.2 Å². The molecule has 4 heteroatoms. The van der Waals surface area contributed by atoms with E-state index in [1.54, 1.807) is 18.2 Å². The quantitative estimate of drug-likeness (QED) is 0.414. The first-order valence-corrected chi connectivity index (χ1v) is 9.79. The number of aromatic hydroxyl groups is 1. The van der Waals surface area contributed by atoms with Gasteiger partial charge in [0.2, 0.25) is 0 Å². The molecule has 0 heterocycles. The van der Waals surface area contributed by atoms with Gasteiger partial charge in [0.05, 0.1) is 0 Å². The molecule has 0 aromatic heterocycles. The summed E-state index contributed by atoms with van der Waals surface area (Å²) < 4.78 is 5.43. The van der Waals surface area contributed by atoms with E-state index in [1.807, 2.05) is 72.8 Å². The fourth-order valence-electron chi connectivity index (χ4n) is 3.50. The van der Waals surface area contributed by atoms with Gasteiger partial charge in [-0.25, -0.2) is 4.79 Å². The monoisotopic (exact) mass is 397 g/mol. The van der Waals surface area contributed by atoms with Gasteiger partial charge in [0.25, 0.3) is 0 Å². The number of phenols is 1. The standard InChI is InChI=1S/C26H23NO3/c1-26(2,21-10-14-23(28)15-11-21)20-8-12-22(13-9-20)27-25(29)30-24-16-7-18-5-3-4-6-19(18)17-24/h3-17,28H,1-2H3,(H,27,29). The van der Waals surface area contributed by atoms with Crippen molar-refractivity contribution in [2.24, 2.45) is 0 Å². The maximum absolute atomic E-state index is 12.3. The smallest absolute Gasteiger partial charge is 0.417 e. The second-order valence-corrected chi connectivity index (χ2v) is 7.77. The van der Waals surface area contributed by atoms with Crippen LogP contribution < -0.4 is 10.1 Å². The van der Waals surface area contributed by atoms with Crippen LogP contribution >= 0.6 is 0 Å². The van der Waals surface area contributed by atoms with E-state index in [1.165, 1.54) is 0 Å². The van der Waals surface area contributed by atoms with Crippen molar-refractivity contribution in [3.63, 3.8) is 0 Å². The molecule has 0 saturated carbocycles. The Balaban J connectivity index is 1.44. The molecular formula is C26H23NO3. The summed E-state index contributed by atoms with van der Waals surface area (Å²) in [6.07, 6.45) is -0.532. The molecule has 0 aliphatic rings. The van der Waals surface area contributed by atoms with E-state index < -0.39 is 6.09 Å². The van der Waals surface area contributed by atoms with E-state index in [9.17, 15) is 9.90 Å². The minimum atomic E-state index is -0.532. The van der Waals surface area contributed by atoms with Crippen LogP contribution in [-0.2, 0) is 5.41 Å². The van der Waals surface area contributed by atoms with Gasteiger partial charge in [-0.15, -0.1) is 0 Å². The summed E-state index contributed by atoms with van der Waals surface area (Å²) >= 11 is 0. The van der Waals surface area contributed by atoms with Gasteiger partial charge >= 0.3 is 6.09 Å². The molecule has 0 aliphatic carbocycles. The number of rotatable bonds is 4. The number of anilines is 1. The predicted octanol–water partition coefficient (Wildman–Crippen LogP) is 6.48. The normalized spacial score (nSPS) is 11.3. The molecule has 0 aliphatic heterocycles. The van der Waals surface area contributed by atoms with Crippen LogP contribution in [0.25, 0.3) is 10.8 Å². The molecule has 4 aromatic carbocycles. The number of hydrogen-bond acceptors (Lipinski definition) is 3. The summed E-state index contributed by atoms with van der Waals surface area (Å²) in [5, 5.41) is 14.4. The Morgan fingerprint density at radius 2 is 1.40 bits per heavy atom. The Kier molecular flexibility index (Phi) is 5.15. The fourth-order valence-corrected chi connectivity index (χ4v) is 3.50. The molecule has 2 N–H and O–H groups in total. The van der Waals surface area contributed by atoms with Crippen LogP contribution in [0.4, 0.5) is 10.5 Å². The zero-order valence-electron chi connectivity index (χ0n) is 16.9. The van der Waals surface area contributed by atoms with Crippen molar-refractivity contribution in [3.8, 4) is 11.5 Å². The second-order valence-electron chi connectivity index (χ2n) is 7.77. The van der Waals surface area contributed by atoms with E-state index in [0.717, 1.165) is 21.9 Å². The molecular weight excluding hydrogens is 374 g/mol. The van der Waals surface area contributed by atoms with Crippen molar-refractivity contribution < 1.29 is 14.6 Å². The van der Waals surface area contributed by atoms with Crippen LogP contribution in [0.3, 0.4) is 0 Å². The number of nitrogens with one attached hydrogen (secondary N) is 1. The molecule has 0 atom stereocenters. The number of carbonyl (C=O) groups excluding carboxylic acids is 1. The molecule has 1 amide bonds. The first-order chi connectivity index (χ1) is 14.4. The zero-order valence-corrected chi connectivity index (χ0v) is 16.9. The summed E-state index contributed by atoms with van der Waals surface area (Å²) in [6.45, 7) is 4.24. The Morgan fingerprint density at radius 1 is 0.800 bits per heavy atom. The lowest BCUT2D eigenvalue weighted by molar-refractivity contribution is 0.215. The van der Waals surface area contributed by atoms with Crippen LogP contribution in [0.2, 0.25) is 0 Å². The van der Waals surface area contributed by atoms with Crippen LogP contribution in [0.1, 0.15) is 25.0 Å². The van der Waals surface area contributed by atoms with Gasteiger partial charge in [0.1, 0.15) is 11.5 Å². The van der Waals surface area contributed by atoms with Gasteiger partial charge in [0, 0.05) is 11.1 Å². The van der Waals surface area contributed by atoms with E-state index >= 15 is 0 Å². The van der Waals surface area contributed by atoms with Gasteiger partial charge in [-0.3, -0.25) is 5.32 Å². The number of ether oxygens (including phenoxy) is 1. The zero-order chi connectivity index (χ0) is 21.1. The largest absolute Gasteiger partial charge is 0.508 e. The Bertz CT molecular complexity index is 1180. The van der Waals surface area contributed by atoms with E-state index in [2.05, 4.69) is 19.2 Å². The minimum Gasteiger partial charge on any atom is -0.508 e. The van der Waals surface area contributed by atoms with Crippen molar-refractivity contribution in [2.45, 2.75) is 19.3 Å². The first-order valence-electron chi connectivity index (χ1n) is 9.79. The Labute approximate surface area is 175 Å². The van der Waals surface area contributed by atoms with Gasteiger partial charge in [0.15, 0.2) is 0 Å². The predicted molar refractivity (Wildman–Crippen MR) is 120 cm³/mol. The number of phenolic OH excluding ortho intramolecular Hbond substituents is 1. The molecule has 0 saturated heterocycles. The molecule has 4 rings (SSSR count). The molecule has 0 radical (unpaired) electrons. The van der Waals surface area contributed by atoms with Gasteiger partial charge in [-0.1, -0.05) is 68.4 Å². The average molecular weight is 397 g/mol. The topological polar surface area (TPSA) is 58.6 Å². The number of fused-ring (bicyclic) bond motifs is 1. The number of hydrogen-bond donors (Lipinski definition) is 2. The average Bonchev–Trinajstić information content (AvgIpc) is 2.74. The highest BCUT2D eigenvalue weighted by Gasteiger charge is 2.23. The highest BCUT2D eigenvalue weighted by Crippen LogP contribution is 2.33. The van der Waals surface area contributed by atoms with Crippen LogP contribution in [0, 0.1) is 0 Å². The van der Waals surface area contributed by atoms with E-state index in [4.69, 9.17) is 4.74 Å². The van der Waals surface area contributed by atoms with Crippen molar-refractivity contribution >= 4 is 22.6 Å². The Hall–Kier alpha value is -3.79. The molecule has 0 fully saturated rings. The molecule has 4 nitrogen and oxygen atoms in total. The lowest BCUT2D eigenvalue weighted by Gasteiger charge is -2.26.